The predicted molar refractivity (Wildman–Crippen MR) is 68.3 cm³/mol. The Morgan fingerprint density at radius 2 is 2.32 bits per heavy atom. The van der Waals surface area contributed by atoms with Gasteiger partial charge in [0.05, 0.1) is 18.6 Å². The summed E-state index contributed by atoms with van der Waals surface area (Å²) in [6.07, 6.45) is 1.99. The van der Waals surface area contributed by atoms with Gasteiger partial charge in [-0.2, -0.15) is 0 Å². The van der Waals surface area contributed by atoms with Crippen molar-refractivity contribution in [3.8, 4) is 0 Å². The van der Waals surface area contributed by atoms with E-state index in [2.05, 4.69) is 5.32 Å². The molecule has 0 bridgehead atoms. The van der Waals surface area contributed by atoms with Crippen LogP contribution in [0.4, 0.5) is 0 Å². The molecule has 108 valence electrons. The zero-order chi connectivity index (χ0) is 13.8. The Hall–Kier alpha value is -1.14. The number of rotatable bonds is 7. The van der Waals surface area contributed by atoms with Crippen molar-refractivity contribution in [3.05, 3.63) is 0 Å². The molecule has 2 aliphatic rings. The summed E-state index contributed by atoms with van der Waals surface area (Å²) in [7, 11) is 1.50. The minimum atomic E-state index is -0.700. The van der Waals surface area contributed by atoms with Crippen molar-refractivity contribution in [1.29, 1.82) is 0 Å². The van der Waals surface area contributed by atoms with Crippen LogP contribution >= 0.6 is 0 Å². The van der Waals surface area contributed by atoms with E-state index in [1.165, 1.54) is 20.0 Å². The van der Waals surface area contributed by atoms with E-state index in [-0.39, 0.29) is 30.9 Å². The van der Waals surface area contributed by atoms with Gasteiger partial charge in [0.15, 0.2) is 0 Å². The Labute approximate surface area is 113 Å². The van der Waals surface area contributed by atoms with E-state index in [4.69, 9.17) is 4.74 Å². The monoisotopic (exact) mass is 270 g/mol. The van der Waals surface area contributed by atoms with E-state index in [1.54, 1.807) is 4.90 Å². The first-order valence-corrected chi connectivity index (χ1v) is 6.82. The highest BCUT2D eigenvalue weighted by Crippen LogP contribution is 2.31. The van der Waals surface area contributed by atoms with E-state index in [0.29, 0.717) is 18.9 Å². The standard InChI is InChI=1S/C13H22N2O4/c1-19-8-11(16)5-14-13(18)10-4-12(17)15(7-10)6-9-2-3-9/h9-11,16H,2-8H2,1H3,(H,14,18). The molecule has 1 aliphatic heterocycles. The number of carbonyl (C=O) groups is 2. The summed E-state index contributed by atoms with van der Waals surface area (Å²) in [6.45, 7) is 1.67. The SMILES string of the molecule is COCC(O)CNC(=O)C1CC(=O)N(CC2CC2)C1. The molecule has 1 saturated carbocycles. The lowest BCUT2D eigenvalue weighted by Crippen LogP contribution is -2.39. The van der Waals surface area contributed by atoms with Crippen molar-refractivity contribution >= 4 is 11.8 Å². The molecule has 2 rings (SSSR count). The van der Waals surface area contributed by atoms with Gasteiger partial charge in [0.1, 0.15) is 0 Å². The molecule has 1 aliphatic carbocycles. The number of methoxy groups -OCH3 is 1. The van der Waals surface area contributed by atoms with Crippen molar-refractivity contribution in [3.63, 3.8) is 0 Å². The second-order valence-corrected chi connectivity index (χ2v) is 5.50. The Morgan fingerprint density at radius 1 is 1.58 bits per heavy atom. The van der Waals surface area contributed by atoms with Crippen LogP contribution < -0.4 is 5.32 Å². The number of hydrogen-bond donors (Lipinski definition) is 2. The average molecular weight is 270 g/mol. The lowest BCUT2D eigenvalue weighted by Gasteiger charge is -2.16. The summed E-state index contributed by atoms with van der Waals surface area (Å²) >= 11 is 0. The van der Waals surface area contributed by atoms with E-state index in [0.717, 1.165) is 6.54 Å². The van der Waals surface area contributed by atoms with Crippen LogP contribution in [-0.2, 0) is 14.3 Å². The van der Waals surface area contributed by atoms with Crippen molar-refractivity contribution in [2.45, 2.75) is 25.4 Å². The second-order valence-electron chi connectivity index (χ2n) is 5.50. The fourth-order valence-corrected chi connectivity index (χ4v) is 2.35. The fraction of sp³-hybridized carbons (Fsp3) is 0.846. The van der Waals surface area contributed by atoms with E-state index >= 15 is 0 Å². The quantitative estimate of drug-likeness (QED) is 0.645. The normalized spacial score (nSPS) is 24.6. The van der Waals surface area contributed by atoms with E-state index in [9.17, 15) is 14.7 Å². The van der Waals surface area contributed by atoms with Crippen LogP contribution in [0, 0.1) is 11.8 Å². The van der Waals surface area contributed by atoms with Gasteiger partial charge in [0.25, 0.3) is 0 Å². The Morgan fingerprint density at radius 3 is 2.95 bits per heavy atom. The van der Waals surface area contributed by atoms with Crippen LogP contribution in [0.1, 0.15) is 19.3 Å². The molecular formula is C13H22N2O4. The number of nitrogens with one attached hydrogen (secondary N) is 1. The topological polar surface area (TPSA) is 78.9 Å². The maximum Gasteiger partial charge on any atom is 0.225 e. The molecule has 19 heavy (non-hydrogen) atoms. The molecule has 0 aromatic rings. The Kier molecular flexibility index (Phi) is 4.76. The second kappa shape index (κ2) is 6.34. The predicted octanol–water partition coefficient (Wildman–Crippen LogP) is -0.632. The minimum Gasteiger partial charge on any atom is -0.389 e. The largest absolute Gasteiger partial charge is 0.389 e. The van der Waals surface area contributed by atoms with E-state index < -0.39 is 6.10 Å². The molecule has 0 aromatic heterocycles. The number of nitrogens with zero attached hydrogens (tertiary/aromatic N) is 1. The highest BCUT2D eigenvalue weighted by atomic mass is 16.5. The number of aliphatic hydroxyl groups is 1. The highest BCUT2D eigenvalue weighted by Gasteiger charge is 2.37. The van der Waals surface area contributed by atoms with Crippen LogP contribution in [0.5, 0.6) is 0 Å². The molecule has 2 fully saturated rings. The number of ether oxygens (including phenoxy) is 1. The first-order chi connectivity index (χ1) is 9.10. The summed E-state index contributed by atoms with van der Waals surface area (Å²) < 4.78 is 4.78. The van der Waals surface area contributed by atoms with Crippen LogP contribution in [0.15, 0.2) is 0 Å². The number of hydrogen-bond acceptors (Lipinski definition) is 4. The van der Waals surface area contributed by atoms with Gasteiger partial charge in [0, 0.05) is 33.2 Å². The lowest BCUT2D eigenvalue weighted by molar-refractivity contribution is -0.129. The molecule has 2 N–H and O–H groups in total. The van der Waals surface area contributed by atoms with Crippen molar-refractivity contribution in [2.75, 3.05) is 33.4 Å². The lowest BCUT2D eigenvalue weighted by atomic mass is 10.1. The molecular weight excluding hydrogens is 248 g/mol. The van der Waals surface area contributed by atoms with Crippen LogP contribution in [0.3, 0.4) is 0 Å². The number of likely N-dealkylation sites (tertiary alicyclic amines) is 1. The summed E-state index contributed by atoms with van der Waals surface area (Å²) in [6, 6.07) is 0. The summed E-state index contributed by atoms with van der Waals surface area (Å²) in [5, 5.41) is 12.1. The van der Waals surface area contributed by atoms with Gasteiger partial charge in [-0.1, -0.05) is 0 Å². The zero-order valence-corrected chi connectivity index (χ0v) is 11.3. The van der Waals surface area contributed by atoms with Crippen LogP contribution in [0.25, 0.3) is 0 Å². The van der Waals surface area contributed by atoms with Crippen molar-refractivity contribution in [2.24, 2.45) is 11.8 Å². The Bertz CT molecular complexity index is 344. The maximum atomic E-state index is 11.9. The van der Waals surface area contributed by atoms with Crippen LogP contribution in [0.2, 0.25) is 0 Å². The van der Waals surface area contributed by atoms with E-state index in [1.807, 2.05) is 0 Å². The average Bonchev–Trinajstić information content (AvgIpc) is 3.11. The number of carbonyl (C=O) groups excluding carboxylic acids is 2. The number of amides is 2. The van der Waals surface area contributed by atoms with Gasteiger partial charge in [-0.05, 0) is 18.8 Å². The minimum absolute atomic E-state index is 0.0736. The summed E-state index contributed by atoms with van der Waals surface area (Å²) in [5.74, 6) is 0.293. The van der Waals surface area contributed by atoms with Crippen molar-refractivity contribution in [1.82, 2.24) is 10.2 Å². The smallest absolute Gasteiger partial charge is 0.225 e. The third kappa shape index (κ3) is 4.18. The first-order valence-electron chi connectivity index (χ1n) is 6.82. The molecule has 0 spiro atoms. The Balaban J connectivity index is 1.72. The molecule has 2 amide bonds. The van der Waals surface area contributed by atoms with Crippen molar-refractivity contribution < 1.29 is 19.4 Å². The first kappa shape index (κ1) is 14.3. The summed E-state index contributed by atoms with van der Waals surface area (Å²) in [4.78, 5) is 25.5. The molecule has 0 aromatic carbocycles. The molecule has 6 heteroatoms. The van der Waals surface area contributed by atoms with Gasteiger partial charge in [-0.25, -0.2) is 0 Å². The third-order valence-corrected chi connectivity index (χ3v) is 3.63. The summed E-state index contributed by atoms with van der Waals surface area (Å²) in [5.41, 5.74) is 0. The van der Waals surface area contributed by atoms with Gasteiger partial charge in [-0.15, -0.1) is 0 Å². The highest BCUT2D eigenvalue weighted by molar-refractivity contribution is 5.89. The van der Waals surface area contributed by atoms with Gasteiger partial charge >= 0.3 is 0 Å². The fourth-order valence-electron chi connectivity index (χ4n) is 2.35. The number of aliphatic hydroxyl groups excluding tert-OH is 1. The van der Waals surface area contributed by atoms with Gasteiger partial charge < -0.3 is 20.1 Å². The van der Waals surface area contributed by atoms with Gasteiger partial charge in [0.2, 0.25) is 11.8 Å². The molecule has 1 heterocycles. The molecule has 1 saturated heterocycles. The maximum absolute atomic E-state index is 11.9. The van der Waals surface area contributed by atoms with Gasteiger partial charge in [-0.3, -0.25) is 9.59 Å². The molecule has 0 radical (unpaired) electrons. The zero-order valence-electron chi connectivity index (χ0n) is 11.3. The third-order valence-electron chi connectivity index (χ3n) is 3.63. The molecule has 2 atom stereocenters. The van der Waals surface area contributed by atoms with Crippen LogP contribution in [-0.4, -0.2) is 61.3 Å². The molecule has 2 unspecified atom stereocenters. The molecule has 6 nitrogen and oxygen atoms in total.